The average Bonchev–Trinajstić information content (AvgIpc) is 3.34. The number of nitrogens with zero attached hydrogens (tertiary/aromatic N) is 1. The quantitative estimate of drug-likeness (QED) is 0.244. The molecule has 4 aliphatic rings. The van der Waals surface area contributed by atoms with Crippen LogP contribution in [0.3, 0.4) is 0 Å². The fourth-order valence-electron chi connectivity index (χ4n) is 8.68. The summed E-state index contributed by atoms with van der Waals surface area (Å²) in [5, 5.41) is 21.1. The van der Waals surface area contributed by atoms with Crippen molar-refractivity contribution in [3.05, 3.63) is 112 Å². The van der Waals surface area contributed by atoms with Crippen molar-refractivity contribution in [3.63, 3.8) is 0 Å². The highest BCUT2D eigenvalue weighted by Crippen LogP contribution is 2.65. The highest BCUT2D eigenvalue weighted by molar-refractivity contribution is 9.10. The van der Waals surface area contributed by atoms with Crippen molar-refractivity contribution in [3.8, 4) is 11.5 Å². The lowest BCUT2D eigenvalue weighted by atomic mass is 9.44. The number of rotatable bonds is 7. The van der Waals surface area contributed by atoms with E-state index >= 15 is 4.79 Å². The Hall–Kier alpha value is -4.83. The van der Waals surface area contributed by atoms with Crippen molar-refractivity contribution in [2.24, 2.45) is 23.7 Å². The van der Waals surface area contributed by atoms with E-state index in [9.17, 15) is 29.4 Å². The van der Waals surface area contributed by atoms with Crippen LogP contribution in [0.15, 0.2) is 95.0 Å². The van der Waals surface area contributed by atoms with Gasteiger partial charge in [0.1, 0.15) is 0 Å². The number of hydrogen-bond donors (Lipinski definition) is 2. The number of imide groups is 1. The second kappa shape index (κ2) is 12.0. The summed E-state index contributed by atoms with van der Waals surface area (Å²) in [6, 6.07) is 21.4. The molecule has 9 nitrogen and oxygen atoms in total. The van der Waals surface area contributed by atoms with Gasteiger partial charge in [0, 0.05) is 34.0 Å². The molecule has 2 amide bonds. The number of likely N-dealkylation sites (tertiary alicyclic amines) is 1. The summed E-state index contributed by atoms with van der Waals surface area (Å²) < 4.78 is 6.11. The van der Waals surface area contributed by atoms with Crippen LogP contribution in [-0.2, 0) is 29.4 Å². The van der Waals surface area contributed by atoms with Crippen molar-refractivity contribution in [2.75, 3.05) is 13.7 Å². The number of phenols is 1. The lowest BCUT2D eigenvalue weighted by Crippen LogP contribution is -2.58. The Bertz CT molecular complexity index is 1940. The van der Waals surface area contributed by atoms with Gasteiger partial charge in [0.05, 0.1) is 30.8 Å². The van der Waals surface area contributed by atoms with Crippen molar-refractivity contribution in [1.29, 1.82) is 0 Å². The van der Waals surface area contributed by atoms with Crippen LogP contribution in [0.4, 0.5) is 0 Å². The fourth-order valence-corrected chi connectivity index (χ4v) is 9.14. The van der Waals surface area contributed by atoms with Gasteiger partial charge in [-0.1, -0.05) is 88.2 Å². The van der Waals surface area contributed by atoms with Gasteiger partial charge >= 0.3 is 5.97 Å². The summed E-state index contributed by atoms with van der Waals surface area (Å²) in [4.78, 5) is 70.1. The Morgan fingerprint density at radius 2 is 1.67 bits per heavy atom. The van der Waals surface area contributed by atoms with Crippen molar-refractivity contribution in [2.45, 2.75) is 30.6 Å². The van der Waals surface area contributed by atoms with E-state index in [1.807, 2.05) is 42.5 Å². The molecule has 48 heavy (non-hydrogen) atoms. The normalized spacial score (nSPS) is 27.9. The molecule has 0 unspecified atom stereocenters. The number of ketones is 2. The Morgan fingerprint density at radius 1 is 0.979 bits per heavy atom. The second-order valence-corrected chi connectivity index (χ2v) is 13.7. The molecule has 2 fully saturated rings. The molecular formula is C38H32BrNO8. The number of halogens is 1. The summed E-state index contributed by atoms with van der Waals surface area (Å²) in [5.74, 6) is -6.75. The van der Waals surface area contributed by atoms with Gasteiger partial charge in [-0.15, -0.1) is 0 Å². The summed E-state index contributed by atoms with van der Waals surface area (Å²) >= 11 is 3.54. The topological polar surface area (TPSA) is 138 Å². The fraction of sp³-hybridized carbons (Fsp3) is 0.289. The van der Waals surface area contributed by atoms with Crippen molar-refractivity contribution in [1.82, 2.24) is 4.90 Å². The van der Waals surface area contributed by atoms with E-state index in [1.54, 1.807) is 36.4 Å². The van der Waals surface area contributed by atoms with E-state index in [1.165, 1.54) is 13.2 Å². The van der Waals surface area contributed by atoms with Crippen LogP contribution in [0.1, 0.15) is 41.9 Å². The molecule has 7 rings (SSSR count). The Balaban J connectivity index is 1.50. The molecular weight excluding hydrogens is 678 g/mol. The van der Waals surface area contributed by atoms with Gasteiger partial charge in [-0.05, 0) is 48.1 Å². The summed E-state index contributed by atoms with van der Waals surface area (Å²) in [5.41, 5.74) is 0.981. The first kappa shape index (κ1) is 31.8. The van der Waals surface area contributed by atoms with Crippen molar-refractivity contribution < 1.29 is 38.9 Å². The molecule has 0 bridgehead atoms. The smallest absolute Gasteiger partial charge is 0.305 e. The van der Waals surface area contributed by atoms with Crippen LogP contribution >= 0.6 is 15.9 Å². The molecule has 3 aromatic carbocycles. The van der Waals surface area contributed by atoms with Crippen LogP contribution < -0.4 is 4.74 Å². The number of hydrogen-bond acceptors (Lipinski definition) is 7. The van der Waals surface area contributed by atoms with Gasteiger partial charge in [0.15, 0.2) is 23.1 Å². The molecule has 0 radical (unpaired) electrons. The number of allylic oxidation sites excluding steroid dienone is 4. The van der Waals surface area contributed by atoms with Crippen molar-refractivity contribution >= 4 is 50.9 Å². The highest BCUT2D eigenvalue weighted by atomic mass is 79.9. The minimum absolute atomic E-state index is 0.102. The number of methoxy groups -OCH3 is 1. The number of phenolic OH excluding ortho intramolecular Hbond substituents is 1. The molecule has 10 heteroatoms. The number of benzene rings is 3. The van der Waals surface area contributed by atoms with Crippen LogP contribution in [-0.4, -0.2) is 58.1 Å². The molecule has 244 valence electrons. The van der Waals surface area contributed by atoms with E-state index in [0.29, 0.717) is 26.7 Å². The third kappa shape index (κ3) is 4.68. The van der Waals surface area contributed by atoms with E-state index in [0.717, 1.165) is 4.90 Å². The molecule has 6 atom stereocenters. The average molecular weight is 711 g/mol. The van der Waals surface area contributed by atoms with E-state index < -0.39 is 52.8 Å². The summed E-state index contributed by atoms with van der Waals surface area (Å²) in [7, 11) is 1.42. The van der Waals surface area contributed by atoms with Gasteiger partial charge in [0.25, 0.3) is 0 Å². The maximum Gasteiger partial charge on any atom is 0.305 e. The first-order valence-electron chi connectivity index (χ1n) is 15.8. The minimum atomic E-state index is -1.51. The molecule has 0 aromatic heterocycles. The number of carboxylic acid groups (broad SMARTS) is 1. The number of aliphatic carboxylic acids is 1. The zero-order valence-corrected chi connectivity index (χ0v) is 27.6. The molecule has 2 N–H and O–H groups in total. The number of aromatic hydroxyl groups is 1. The number of carbonyl (C=O) groups excluding carboxylic acids is 4. The molecule has 1 saturated heterocycles. The van der Waals surface area contributed by atoms with Gasteiger partial charge in [0.2, 0.25) is 11.8 Å². The summed E-state index contributed by atoms with van der Waals surface area (Å²) in [6.45, 7) is -0.245. The van der Waals surface area contributed by atoms with Gasteiger partial charge in [-0.3, -0.25) is 28.9 Å². The highest BCUT2D eigenvalue weighted by Gasteiger charge is 2.66. The van der Waals surface area contributed by atoms with Crippen LogP contribution in [0.25, 0.3) is 5.57 Å². The predicted molar refractivity (Wildman–Crippen MR) is 178 cm³/mol. The Kier molecular flexibility index (Phi) is 7.94. The standard InChI is InChI=1S/C38H32BrNO8/c1-48-29-17-22(39)16-27(35(29)45)33-23-12-13-24-32(37(47)40(36(24)46)15-14-31(42)43)26(23)18-28-34(44)25(20-8-4-2-5-9-20)19-30(41)38(28,33)21-10-6-3-7-11-21/h2-12,16-17,19,24,26,28,32-33,45H,13-15,18H2,1H3,(H,42,43)/t24-,26+,28-,32-,33+,38-/m0/s1. The van der Waals surface area contributed by atoms with Gasteiger partial charge < -0.3 is 14.9 Å². The lowest BCUT2D eigenvalue weighted by molar-refractivity contribution is -0.142. The van der Waals surface area contributed by atoms with E-state index in [4.69, 9.17) is 4.74 Å². The minimum Gasteiger partial charge on any atom is -0.504 e. The number of amides is 2. The van der Waals surface area contributed by atoms with E-state index in [2.05, 4.69) is 15.9 Å². The predicted octanol–water partition coefficient (Wildman–Crippen LogP) is 5.46. The molecule has 0 spiro atoms. The first-order chi connectivity index (χ1) is 23.1. The van der Waals surface area contributed by atoms with Gasteiger partial charge in [-0.2, -0.15) is 0 Å². The first-order valence-corrected chi connectivity index (χ1v) is 16.6. The maximum atomic E-state index is 15.1. The number of carbonyl (C=O) groups is 5. The second-order valence-electron chi connectivity index (χ2n) is 12.8. The molecule has 3 aromatic rings. The maximum absolute atomic E-state index is 15.1. The molecule has 1 heterocycles. The third-order valence-corrected chi connectivity index (χ3v) is 11.1. The molecule has 3 aliphatic carbocycles. The SMILES string of the molecule is COc1cc(Br)cc([C@H]2C3=CC[C@@H]4C(=O)N(CCC(=O)O)C(=O)[C@@H]4[C@@H]3C[C@H]3C(=O)C(c4ccccc4)=CC(=O)[C@@]23c2ccccc2)c1O. The summed E-state index contributed by atoms with van der Waals surface area (Å²) in [6.07, 6.45) is 3.23. The van der Waals surface area contributed by atoms with Crippen LogP contribution in [0.5, 0.6) is 11.5 Å². The number of fused-ring (bicyclic) bond motifs is 4. The number of carboxylic acids is 1. The monoisotopic (exact) mass is 709 g/mol. The van der Waals surface area contributed by atoms with Gasteiger partial charge in [-0.25, -0.2) is 0 Å². The Labute approximate surface area is 285 Å². The number of Topliss-reactive ketones (excluding diaryl/α,β-unsaturated/α-hetero) is 1. The van der Waals surface area contributed by atoms with Crippen LogP contribution in [0, 0.1) is 23.7 Å². The number of ether oxygens (including phenoxy) is 1. The lowest BCUT2D eigenvalue weighted by Gasteiger charge is -2.55. The zero-order chi connectivity index (χ0) is 33.9. The van der Waals surface area contributed by atoms with Crippen LogP contribution in [0.2, 0.25) is 0 Å². The molecule has 1 aliphatic heterocycles. The van der Waals surface area contributed by atoms with E-state index in [-0.39, 0.29) is 54.4 Å². The third-order valence-electron chi connectivity index (χ3n) is 10.6. The zero-order valence-electron chi connectivity index (χ0n) is 26.0. The largest absolute Gasteiger partial charge is 0.504 e. The molecule has 1 saturated carbocycles. The Morgan fingerprint density at radius 3 is 2.33 bits per heavy atom.